The lowest BCUT2D eigenvalue weighted by Gasteiger charge is -2.03. The molecule has 0 aliphatic carbocycles. The van der Waals surface area contributed by atoms with E-state index in [1.54, 1.807) is 12.1 Å². The van der Waals surface area contributed by atoms with Crippen LogP contribution in [0, 0.1) is 11.3 Å². The van der Waals surface area contributed by atoms with Crippen LogP contribution in [-0.4, -0.2) is 6.61 Å². The molecule has 0 aliphatic heterocycles. The summed E-state index contributed by atoms with van der Waals surface area (Å²) >= 11 is 5.95. The largest absolute Gasteiger partial charge is 0.494 e. The summed E-state index contributed by atoms with van der Waals surface area (Å²) in [6.45, 7) is 2.59. The maximum Gasteiger partial charge on any atom is 0.119 e. The molecule has 2 rings (SSSR count). The lowest BCUT2D eigenvalue weighted by Crippen LogP contribution is -1.90. The standard InChI is InChI=1S/C17H14ClNO/c1-2-20-17-8-6-13(7-9-17)10-15(12-19)14-4-3-5-16(18)11-14/h3-11H,2H2,1H3. The van der Waals surface area contributed by atoms with Crippen LogP contribution in [-0.2, 0) is 0 Å². The molecule has 0 saturated carbocycles. The van der Waals surface area contributed by atoms with E-state index in [2.05, 4.69) is 6.07 Å². The van der Waals surface area contributed by atoms with Gasteiger partial charge in [-0.2, -0.15) is 5.26 Å². The van der Waals surface area contributed by atoms with Crippen molar-refractivity contribution in [2.45, 2.75) is 6.92 Å². The van der Waals surface area contributed by atoms with E-state index in [0.717, 1.165) is 16.9 Å². The molecule has 0 atom stereocenters. The average molecular weight is 284 g/mol. The molecular weight excluding hydrogens is 270 g/mol. The maximum absolute atomic E-state index is 9.28. The van der Waals surface area contributed by atoms with Gasteiger partial charge in [-0.05, 0) is 48.4 Å². The zero-order chi connectivity index (χ0) is 14.4. The topological polar surface area (TPSA) is 33.0 Å². The van der Waals surface area contributed by atoms with E-state index >= 15 is 0 Å². The normalized spacial score (nSPS) is 10.9. The fourth-order valence-corrected chi connectivity index (χ4v) is 2.02. The highest BCUT2D eigenvalue weighted by molar-refractivity contribution is 6.30. The van der Waals surface area contributed by atoms with Crippen molar-refractivity contribution >= 4 is 23.3 Å². The molecule has 3 heteroatoms. The van der Waals surface area contributed by atoms with Crippen molar-refractivity contribution in [3.63, 3.8) is 0 Å². The van der Waals surface area contributed by atoms with Gasteiger partial charge < -0.3 is 4.74 Å². The van der Waals surface area contributed by atoms with Gasteiger partial charge in [-0.15, -0.1) is 0 Å². The first-order valence-electron chi connectivity index (χ1n) is 6.33. The Balaban J connectivity index is 2.29. The van der Waals surface area contributed by atoms with Crippen molar-refractivity contribution < 1.29 is 4.74 Å². The molecule has 0 N–H and O–H groups in total. The molecule has 0 aliphatic rings. The predicted molar refractivity (Wildman–Crippen MR) is 82.5 cm³/mol. The molecule has 0 aromatic heterocycles. The van der Waals surface area contributed by atoms with E-state index in [0.29, 0.717) is 17.2 Å². The van der Waals surface area contributed by atoms with Crippen LogP contribution in [0.1, 0.15) is 18.1 Å². The Morgan fingerprint density at radius 3 is 2.60 bits per heavy atom. The number of ether oxygens (including phenoxy) is 1. The summed E-state index contributed by atoms with van der Waals surface area (Å²) in [7, 11) is 0. The highest BCUT2D eigenvalue weighted by Crippen LogP contribution is 2.22. The molecule has 2 nitrogen and oxygen atoms in total. The SMILES string of the molecule is CCOc1ccc(C=C(C#N)c2cccc(Cl)c2)cc1. The lowest BCUT2D eigenvalue weighted by molar-refractivity contribution is 0.340. The minimum absolute atomic E-state index is 0.580. The van der Waals surface area contributed by atoms with Crippen LogP contribution in [0.15, 0.2) is 48.5 Å². The van der Waals surface area contributed by atoms with E-state index in [1.807, 2.05) is 49.4 Å². The van der Waals surface area contributed by atoms with Gasteiger partial charge in [-0.3, -0.25) is 0 Å². The minimum Gasteiger partial charge on any atom is -0.494 e. The molecule has 2 aromatic rings. The first kappa shape index (κ1) is 14.2. The van der Waals surface area contributed by atoms with E-state index in [9.17, 15) is 5.26 Å². The highest BCUT2D eigenvalue weighted by atomic mass is 35.5. The molecule has 0 radical (unpaired) electrons. The molecule has 0 fully saturated rings. The Kier molecular flexibility index (Phi) is 4.81. The average Bonchev–Trinajstić information content (AvgIpc) is 2.47. The molecule has 0 amide bonds. The highest BCUT2D eigenvalue weighted by Gasteiger charge is 2.02. The number of nitrogens with zero attached hydrogens (tertiary/aromatic N) is 1. The molecule has 0 heterocycles. The first-order chi connectivity index (χ1) is 9.72. The monoisotopic (exact) mass is 283 g/mol. The minimum atomic E-state index is 0.580. The number of halogens is 1. The van der Waals surface area contributed by atoms with Crippen molar-refractivity contribution in [1.29, 1.82) is 5.26 Å². The molecule has 100 valence electrons. The predicted octanol–water partition coefficient (Wildman–Crippen LogP) is 4.80. The Hall–Kier alpha value is -2.24. The van der Waals surface area contributed by atoms with Gasteiger partial charge in [0, 0.05) is 5.02 Å². The van der Waals surface area contributed by atoms with Gasteiger partial charge in [-0.1, -0.05) is 35.9 Å². The summed E-state index contributed by atoms with van der Waals surface area (Å²) in [5, 5.41) is 9.91. The van der Waals surface area contributed by atoms with Crippen LogP contribution in [0.25, 0.3) is 11.6 Å². The summed E-state index contributed by atoms with van der Waals surface area (Å²) in [6.07, 6.45) is 1.83. The van der Waals surface area contributed by atoms with Gasteiger partial charge in [-0.25, -0.2) is 0 Å². The number of rotatable bonds is 4. The lowest BCUT2D eigenvalue weighted by atomic mass is 10.0. The van der Waals surface area contributed by atoms with Crippen LogP contribution in [0.2, 0.25) is 5.02 Å². The van der Waals surface area contributed by atoms with Gasteiger partial charge in [0.2, 0.25) is 0 Å². The Bertz CT molecular complexity index is 653. The third-order valence-electron chi connectivity index (χ3n) is 2.76. The molecular formula is C17H14ClNO. The third kappa shape index (κ3) is 3.63. The van der Waals surface area contributed by atoms with Crippen molar-refractivity contribution in [2.75, 3.05) is 6.61 Å². The molecule has 0 spiro atoms. The number of benzene rings is 2. The zero-order valence-corrected chi connectivity index (χ0v) is 11.9. The zero-order valence-electron chi connectivity index (χ0n) is 11.1. The van der Waals surface area contributed by atoms with Gasteiger partial charge in [0.1, 0.15) is 5.75 Å². The Morgan fingerprint density at radius 1 is 1.25 bits per heavy atom. The number of hydrogen-bond acceptors (Lipinski definition) is 2. The van der Waals surface area contributed by atoms with Gasteiger partial charge in [0.25, 0.3) is 0 Å². The fraction of sp³-hybridized carbons (Fsp3) is 0.118. The summed E-state index contributed by atoms with van der Waals surface area (Å²) in [4.78, 5) is 0. The second-order valence-electron chi connectivity index (χ2n) is 4.18. The summed E-state index contributed by atoms with van der Waals surface area (Å²) in [6, 6.07) is 17.1. The van der Waals surface area contributed by atoms with Crippen molar-refractivity contribution in [3.05, 3.63) is 64.7 Å². The number of allylic oxidation sites excluding steroid dienone is 1. The van der Waals surface area contributed by atoms with E-state index in [1.165, 1.54) is 0 Å². The van der Waals surface area contributed by atoms with Crippen LogP contribution in [0.3, 0.4) is 0 Å². The van der Waals surface area contributed by atoms with E-state index in [4.69, 9.17) is 16.3 Å². The summed E-state index contributed by atoms with van der Waals surface area (Å²) in [5.41, 5.74) is 2.34. The van der Waals surface area contributed by atoms with Crippen molar-refractivity contribution in [3.8, 4) is 11.8 Å². The molecule has 20 heavy (non-hydrogen) atoms. The Morgan fingerprint density at radius 2 is 2.00 bits per heavy atom. The Labute approximate surface area is 123 Å². The summed E-state index contributed by atoms with van der Waals surface area (Å²) in [5.74, 6) is 0.825. The quantitative estimate of drug-likeness (QED) is 0.596. The third-order valence-corrected chi connectivity index (χ3v) is 2.99. The molecule has 2 aromatic carbocycles. The molecule has 0 unspecified atom stereocenters. The fourth-order valence-electron chi connectivity index (χ4n) is 1.83. The second kappa shape index (κ2) is 6.79. The van der Waals surface area contributed by atoms with Gasteiger partial charge in [0.05, 0.1) is 18.2 Å². The van der Waals surface area contributed by atoms with Crippen LogP contribution in [0.5, 0.6) is 5.75 Å². The maximum atomic E-state index is 9.28. The first-order valence-corrected chi connectivity index (χ1v) is 6.71. The van der Waals surface area contributed by atoms with Crippen molar-refractivity contribution in [1.82, 2.24) is 0 Å². The smallest absolute Gasteiger partial charge is 0.119 e. The van der Waals surface area contributed by atoms with Crippen LogP contribution in [0.4, 0.5) is 0 Å². The van der Waals surface area contributed by atoms with Crippen LogP contribution < -0.4 is 4.74 Å². The van der Waals surface area contributed by atoms with Gasteiger partial charge >= 0.3 is 0 Å². The summed E-state index contributed by atoms with van der Waals surface area (Å²) < 4.78 is 5.39. The molecule has 0 saturated heterocycles. The van der Waals surface area contributed by atoms with E-state index in [-0.39, 0.29) is 0 Å². The van der Waals surface area contributed by atoms with Crippen LogP contribution >= 0.6 is 11.6 Å². The van der Waals surface area contributed by atoms with Crippen molar-refractivity contribution in [2.24, 2.45) is 0 Å². The number of nitriles is 1. The van der Waals surface area contributed by atoms with E-state index < -0.39 is 0 Å². The number of hydrogen-bond donors (Lipinski definition) is 0. The van der Waals surface area contributed by atoms with Gasteiger partial charge in [0.15, 0.2) is 0 Å². The second-order valence-corrected chi connectivity index (χ2v) is 4.62. The molecule has 0 bridgehead atoms.